The number of benzene rings is 1. The van der Waals surface area contributed by atoms with Gasteiger partial charge < -0.3 is 14.2 Å². The fourth-order valence-corrected chi connectivity index (χ4v) is 3.51. The maximum atomic E-state index is 13.1. The summed E-state index contributed by atoms with van der Waals surface area (Å²) in [7, 11) is 1.90. The standard InChI is InChI=1S/C18H22N4O2/c1-21-13-19-20-16(21)15-12-22(9-10-24-15)17(23)18(7-8-18)11-14-5-3-2-4-6-14/h2-6,13,15H,7-12H2,1H3. The molecule has 1 unspecified atom stereocenters. The van der Waals surface area contributed by atoms with Crippen LogP contribution in [0.2, 0.25) is 0 Å². The number of carbonyl (C=O) groups excluding carboxylic acids is 1. The van der Waals surface area contributed by atoms with Crippen LogP contribution in [0, 0.1) is 5.41 Å². The quantitative estimate of drug-likeness (QED) is 0.859. The van der Waals surface area contributed by atoms with Gasteiger partial charge in [0.1, 0.15) is 12.4 Å². The number of amides is 1. The molecule has 0 radical (unpaired) electrons. The molecule has 2 aliphatic rings. The minimum Gasteiger partial charge on any atom is -0.366 e. The highest BCUT2D eigenvalue weighted by Crippen LogP contribution is 2.50. The van der Waals surface area contributed by atoms with Gasteiger partial charge in [0, 0.05) is 13.6 Å². The lowest BCUT2D eigenvalue weighted by Gasteiger charge is -2.34. The van der Waals surface area contributed by atoms with Crippen LogP contribution in [0.25, 0.3) is 0 Å². The number of carbonyl (C=O) groups is 1. The number of aryl methyl sites for hydroxylation is 1. The number of nitrogens with zero attached hydrogens (tertiary/aromatic N) is 4. The smallest absolute Gasteiger partial charge is 0.229 e. The van der Waals surface area contributed by atoms with Crippen LogP contribution in [-0.4, -0.2) is 45.3 Å². The number of rotatable bonds is 4. The lowest BCUT2D eigenvalue weighted by molar-refractivity contribution is -0.145. The van der Waals surface area contributed by atoms with Crippen molar-refractivity contribution in [2.75, 3.05) is 19.7 Å². The fourth-order valence-electron chi connectivity index (χ4n) is 3.51. The zero-order valence-electron chi connectivity index (χ0n) is 13.9. The molecule has 1 aliphatic heterocycles. The molecule has 2 heterocycles. The first-order valence-corrected chi connectivity index (χ1v) is 8.47. The lowest BCUT2D eigenvalue weighted by atomic mass is 9.94. The highest BCUT2D eigenvalue weighted by molar-refractivity contribution is 5.85. The molecule has 0 bridgehead atoms. The summed E-state index contributed by atoms with van der Waals surface area (Å²) in [6.07, 6.45) is 4.26. The Morgan fingerprint density at radius 1 is 1.33 bits per heavy atom. The first kappa shape index (κ1) is 15.3. The maximum absolute atomic E-state index is 13.1. The fraction of sp³-hybridized carbons (Fsp3) is 0.500. The average molecular weight is 326 g/mol. The van der Waals surface area contributed by atoms with Gasteiger partial charge in [-0.1, -0.05) is 30.3 Å². The Labute approximate surface area is 141 Å². The SMILES string of the molecule is Cn1cnnc1C1CN(C(=O)C2(Cc3ccccc3)CC2)CCO1. The predicted octanol–water partition coefficient (Wildman–Crippen LogP) is 1.74. The molecular weight excluding hydrogens is 304 g/mol. The summed E-state index contributed by atoms with van der Waals surface area (Å²) in [4.78, 5) is 15.1. The van der Waals surface area contributed by atoms with E-state index in [1.54, 1.807) is 6.33 Å². The van der Waals surface area contributed by atoms with Crippen molar-refractivity contribution < 1.29 is 9.53 Å². The molecule has 1 saturated heterocycles. The topological polar surface area (TPSA) is 60.2 Å². The normalized spacial score (nSPS) is 22.4. The van der Waals surface area contributed by atoms with Crippen LogP contribution in [0.4, 0.5) is 0 Å². The van der Waals surface area contributed by atoms with E-state index in [2.05, 4.69) is 22.3 Å². The van der Waals surface area contributed by atoms with Crippen LogP contribution in [0.15, 0.2) is 36.7 Å². The maximum Gasteiger partial charge on any atom is 0.229 e. The van der Waals surface area contributed by atoms with Gasteiger partial charge in [0.25, 0.3) is 0 Å². The van der Waals surface area contributed by atoms with Gasteiger partial charge in [-0.25, -0.2) is 0 Å². The zero-order valence-corrected chi connectivity index (χ0v) is 13.9. The number of aromatic nitrogens is 3. The van der Waals surface area contributed by atoms with Gasteiger partial charge in [0.2, 0.25) is 5.91 Å². The Morgan fingerprint density at radius 3 is 2.79 bits per heavy atom. The summed E-state index contributed by atoms with van der Waals surface area (Å²) >= 11 is 0. The third-order valence-corrected chi connectivity index (χ3v) is 5.08. The zero-order chi connectivity index (χ0) is 16.6. The summed E-state index contributed by atoms with van der Waals surface area (Å²) in [5, 5.41) is 8.04. The lowest BCUT2D eigenvalue weighted by Crippen LogP contribution is -2.46. The molecule has 6 nitrogen and oxygen atoms in total. The monoisotopic (exact) mass is 326 g/mol. The van der Waals surface area contributed by atoms with Crippen LogP contribution in [0.1, 0.15) is 30.3 Å². The largest absolute Gasteiger partial charge is 0.366 e. The van der Waals surface area contributed by atoms with E-state index >= 15 is 0 Å². The predicted molar refractivity (Wildman–Crippen MR) is 88.1 cm³/mol. The summed E-state index contributed by atoms with van der Waals surface area (Å²) < 4.78 is 7.67. The molecule has 1 aromatic carbocycles. The van der Waals surface area contributed by atoms with E-state index in [0.717, 1.165) is 25.1 Å². The van der Waals surface area contributed by atoms with Crippen molar-refractivity contribution in [3.8, 4) is 0 Å². The molecule has 1 aliphatic carbocycles. The molecule has 24 heavy (non-hydrogen) atoms. The van der Waals surface area contributed by atoms with Gasteiger partial charge in [0.05, 0.1) is 18.6 Å². The van der Waals surface area contributed by atoms with Gasteiger partial charge in [-0.2, -0.15) is 0 Å². The van der Waals surface area contributed by atoms with Gasteiger partial charge in [0.15, 0.2) is 5.82 Å². The molecule has 1 aromatic heterocycles. The molecule has 6 heteroatoms. The van der Waals surface area contributed by atoms with E-state index in [9.17, 15) is 4.79 Å². The van der Waals surface area contributed by atoms with Gasteiger partial charge >= 0.3 is 0 Å². The number of hydrogen-bond acceptors (Lipinski definition) is 4. The minimum absolute atomic E-state index is 0.192. The third-order valence-electron chi connectivity index (χ3n) is 5.08. The van der Waals surface area contributed by atoms with E-state index < -0.39 is 0 Å². The molecule has 1 atom stereocenters. The Bertz CT molecular complexity index is 724. The molecule has 2 fully saturated rings. The first-order chi connectivity index (χ1) is 11.7. The molecule has 1 amide bonds. The van der Waals surface area contributed by atoms with E-state index in [-0.39, 0.29) is 17.4 Å². The molecular formula is C18H22N4O2. The first-order valence-electron chi connectivity index (χ1n) is 8.47. The van der Waals surface area contributed by atoms with E-state index in [1.807, 2.05) is 34.7 Å². The van der Waals surface area contributed by atoms with Crippen LogP contribution < -0.4 is 0 Å². The highest BCUT2D eigenvalue weighted by Gasteiger charge is 2.52. The second-order valence-electron chi connectivity index (χ2n) is 6.85. The molecule has 0 spiro atoms. The number of ether oxygens (including phenoxy) is 1. The van der Waals surface area contributed by atoms with Gasteiger partial charge in [-0.3, -0.25) is 4.79 Å². The van der Waals surface area contributed by atoms with E-state index in [4.69, 9.17) is 4.74 Å². The highest BCUT2D eigenvalue weighted by atomic mass is 16.5. The summed E-state index contributed by atoms with van der Waals surface area (Å²) in [6, 6.07) is 10.3. The summed E-state index contributed by atoms with van der Waals surface area (Å²) in [6.45, 7) is 1.76. The van der Waals surface area contributed by atoms with Crippen molar-refractivity contribution >= 4 is 5.91 Å². The minimum atomic E-state index is -0.205. The second kappa shape index (κ2) is 6.02. The molecule has 1 saturated carbocycles. The van der Waals surface area contributed by atoms with Crippen LogP contribution in [0.3, 0.4) is 0 Å². The molecule has 4 rings (SSSR count). The van der Waals surface area contributed by atoms with Crippen molar-refractivity contribution in [2.24, 2.45) is 12.5 Å². The van der Waals surface area contributed by atoms with Crippen molar-refractivity contribution in [2.45, 2.75) is 25.4 Å². The number of morpholine rings is 1. The Morgan fingerprint density at radius 2 is 2.12 bits per heavy atom. The van der Waals surface area contributed by atoms with E-state index in [1.165, 1.54) is 5.56 Å². The van der Waals surface area contributed by atoms with Gasteiger partial charge in [-0.15, -0.1) is 10.2 Å². The summed E-state index contributed by atoms with van der Waals surface area (Å²) in [5.41, 5.74) is 1.03. The van der Waals surface area contributed by atoms with Crippen LogP contribution in [0.5, 0.6) is 0 Å². The van der Waals surface area contributed by atoms with Crippen molar-refractivity contribution in [3.63, 3.8) is 0 Å². The van der Waals surface area contributed by atoms with Crippen molar-refractivity contribution in [3.05, 3.63) is 48.0 Å². The third kappa shape index (κ3) is 2.82. The molecule has 2 aromatic rings. The molecule has 0 N–H and O–H groups in total. The van der Waals surface area contributed by atoms with Crippen LogP contribution >= 0.6 is 0 Å². The second-order valence-corrected chi connectivity index (χ2v) is 6.85. The number of hydrogen-bond donors (Lipinski definition) is 0. The van der Waals surface area contributed by atoms with Gasteiger partial charge in [-0.05, 0) is 24.8 Å². The molecule has 126 valence electrons. The summed E-state index contributed by atoms with van der Waals surface area (Å²) in [5.74, 6) is 1.04. The van der Waals surface area contributed by atoms with E-state index in [0.29, 0.717) is 19.7 Å². The van der Waals surface area contributed by atoms with Crippen molar-refractivity contribution in [1.82, 2.24) is 19.7 Å². The average Bonchev–Trinajstić information content (AvgIpc) is 3.27. The van der Waals surface area contributed by atoms with Crippen LogP contribution in [-0.2, 0) is 23.0 Å². The van der Waals surface area contributed by atoms with Crippen molar-refractivity contribution in [1.29, 1.82) is 0 Å². The Hall–Kier alpha value is -2.21. The Kier molecular flexibility index (Phi) is 3.84. The Balaban J connectivity index is 1.47.